The molecule has 0 amide bonds. The Labute approximate surface area is 209 Å². The SMILES string of the molecule is CCCCCCCCCCCCCC[n+]1cccc([C@@H]2CCC[N+]2(C)C)c1.[Br-].[I-]. The van der Waals surface area contributed by atoms with Crippen molar-refractivity contribution in [1.29, 1.82) is 0 Å². The topological polar surface area (TPSA) is 3.88 Å². The summed E-state index contributed by atoms with van der Waals surface area (Å²) in [6, 6.07) is 5.29. The first kappa shape index (κ1) is 29.3. The van der Waals surface area contributed by atoms with Crippen LogP contribution in [-0.2, 0) is 6.54 Å². The first-order valence-corrected chi connectivity index (χ1v) is 11.9. The molecule has 0 N–H and O–H groups in total. The van der Waals surface area contributed by atoms with Gasteiger partial charge in [-0.1, -0.05) is 71.1 Å². The third kappa shape index (κ3) is 11.5. The molecule has 0 spiro atoms. The highest BCUT2D eigenvalue weighted by atomic mass is 127. The molecule has 0 radical (unpaired) electrons. The predicted molar refractivity (Wildman–Crippen MR) is 117 cm³/mol. The van der Waals surface area contributed by atoms with Gasteiger partial charge in [0.1, 0.15) is 12.6 Å². The van der Waals surface area contributed by atoms with Crippen LogP contribution in [0.2, 0.25) is 0 Å². The number of nitrogens with zero attached hydrogens (tertiary/aromatic N) is 2. The summed E-state index contributed by atoms with van der Waals surface area (Å²) in [4.78, 5) is 0. The van der Waals surface area contributed by atoms with E-state index in [-0.39, 0.29) is 41.0 Å². The average Bonchev–Trinajstić information content (AvgIpc) is 3.02. The number of hydrogen-bond acceptors (Lipinski definition) is 0. The van der Waals surface area contributed by atoms with E-state index in [0.29, 0.717) is 6.04 Å². The summed E-state index contributed by atoms with van der Waals surface area (Å²) in [6.07, 6.45) is 24.5. The van der Waals surface area contributed by atoms with E-state index in [1.807, 2.05) is 0 Å². The van der Waals surface area contributed by atoms with Crippen molar-refractivity contribution in [2.75, 3.05) is 20.6 Å². The highest BCUT2D eigenvalue weighted by molar-refractivity contribution is 5.10. The monoisotopic (exact) mass is 580 g/mol. The van der Waals surface area contributed by atoms with Crippen LogP contribution in [0, 0.1) is 0 Å². The fourth-order valence-corrected chi connectivity index (χ4v) is 4.78. The van der Waals surface area contributed by atoms with Crippen molar-refractivity contribution in [3.63, 3.8) is 0 Å². The molecule has 0 aliphatic carbocycles. The molecule has 4 heteroatoms. The minimum atomic E-state index is 0. The summed E-state index contributed by atoms with van der Waals surface area (Å²) in [5.41, 5.74) is 1.54. The minimum absolute atomic E-state index is 0. The van der Waals surface area contributed by atoms with Crippen LogP contribution in [0.1, 0.15) is 108 Å². The van der Waals surface area contributed by atoms with Crippen LogP contribution in [0.3, 0.4) is 0 Å². The van der Waals surface area contributed by atoms with Gasteiger partial charge in [-0.25, -0.2) is 4.57 Å². The van der Waals surface area contributed by atoms with Crippen molar-refractivity contribution >= 4 is 0 Å². The van der Waals surface area contributed by atoms with Crippen LogP contribution >= 0.6 is 0 Å². The molecule has 2 rings (SSSR count). The van der Waals surface area contributed by atoms with E-state index in [4.69, 9.17) is 0 Å². The van der Waals surface area contributed by atoms with Crippen molar-refractivity contribution < 1.29 is 50.0 Å². The highest BCUT2D eigenvalue weighted by Gasteiger charge is 2.36. The lowest BCUT2D eigenvalue weighted by Crippen LogP contribution is -3.00. The zero-order valence-electron chi connectivity index (χ0n) is 19.4. The molecule has 29 heavy (non-hydrogen) atoms. The lowest BCUT2D eigenvalue weighted by molar-refractivity contribution is -0.908. The van der Waals surface area contributed by atoms with E-state index in [2.05, 4.69) is 50.1 Å². The Morgan fingerprint density at radius 3 is 1.97 bits per heavy atom. The largest absolute Gasteiger partial charge is 1.00 e. The van der Waals surface area contributed by atoms with Crippen LogP contribution < -0.4 is 45.5 Å². The van der Waals surface area contributed by atoms with Crippen LogP contribution in [0.15, 0.2) is 24.5 Å². The number of halogens is 2. The van der Waals surface area contributed by atoms with Crippen molar-refractivity contribution in [3.05, 3.63) is 30.1 Å². The third-order valence-electron chi connectivity index (χ3n) is 6.59. The Bertz CT molecular complexity index is 521. The fraction of sp³-hybridized carbons (Fsp3) is 0.800. The standard InChI is InChI=1S/C25H46N2.BrH.HI/c1-4-5-6-7-8-9-10-11-12-13-14-15-20-26-21-16-18-24(23-26)25-19-17-22-27(25,2)3;;/h16,18,21,23,25H,4-15,17,19-20,22H2,1-3H3;2*1H/q+2;;/p-2/t25-;;/m0../s1. The van der Waals surface area contributed by atoms with E-state index in [1.54, 1.807) is 5.56 Å². The number of aryl methyl sites for hydroxylation is 1. The molecule has 1 aromatic heterocycles. The molecule has 1 aromatic rings. The van der Waals surface area contributed by atoms with E-state index >= 15 is 0 Å². The van der Waals surface area contributed by atoms with E-state index < -0.39 is 0 Å². The zero-order valence-corrected chi connectivity index (χ0v) is 23.1. The molecule has 1 atom stereocenters. The van der Waals surface area contributed by atoms with Gasteiger partial charge in [0, 0.05) is 25.3 Å². The Morgan fingerprint density at radius 1 is 0.897 bits per heavy atom. The number of aromatic nitrogens is 1. The number of quaternary nitrogens is 1. The second-order valence-corrected chi connectivity index (χ2v) is 9.42. The first-order chi connectivity index (χ1) is 13.1. The maximum atomic E-state index is 2.43. The van der Waals surface area contributed by atoms with Gasteiger partial charge >= 0.3 is 0 Å². The molecule has 2 nitrogen and oxygen atoms in total. The molecule has 0 unspecified atom stereocenters. The second kappa shape index (κ2) is 16.9. The van der Waals surface area contributed by atoms with E-state index in [9.17, 15) is 0 Å². The van der Waals surface area contributed by atoms with Crippen LogP contribution in [0.5, 0.6) is 0 Å². The van der Waals surface area contributed by atoms with Gasteiger partial charge < -0.3 is 45.4 Å². The predicted octanol–water partition coefficient (Wildman–Crippen LogP) is 0.595. The molecule has 2 heterocycles. The number of unbranched alkanes of at least 4 members (excludes halogenated alkanes) is 11. The Kier molecular flexibility index (Phi) is 17.1. The van der Waals surface area contributed by atoms with Gasteiger partial charge in [-0.05, 0) is 12.5 Å². The number of likely N-dealkylation sites (tertiary alicyclic amines) is 1. The molecule has 0 aromatic carbocycles. The van der Waals surface area contributed by atoms with E-state index in [0.717, 1.165) is 4.48 Å². The zero-order chi connectivity index (χ0) is 19.4. The molecular weight excluding hydrogens is 535 g/mol. The average molecular weight is 581 g/mol. The smallest absolute Gasteiger partial charge is 0.177 e. The Hall–Kier alpha value is 0.320. The Balaban J connectivity index is 0.00000392. The summed E-state index contributed by atoms with van der Waals surface area (Å²) in [5, 5.41) is 0. The Morgan fingerprint density at radius 2 is 1.45 bits per heavy atom. The molecule has 1 fully saturated rings. The van der Waals surface area contributed by atoms with Crippen LogP contribution in [0.4, 0.5) is 0 Å². The molecule has 1 aliphatic rings. The molecule has 0 bridgehead atoms. The summed E-state index contributed by atoms with van der Waals surface area (Å²) in [6.45, 7) is 4.80. The molecule has 1 saturated heterocycles. The van der Waals surface area contributed by atoms with Gasteiger partial charge in [0.25, 0.3) is 0 Å². The number of hydrogen-bond donors (Lipinski definition) is 0. The third-order valence-corrected chi connectivity index (χ3v) is 6.59. The van der Waals surface area contributed by atoms with Crippen molar-refractivity contribution in [2.24, 2.45) is 0 Å². The summed E-state index contributed by atoms with van der Waals surface area (Å²) in [5.74, 6) is 0. The van der Waals surface area contributed by atoms with Gasteiger partial charge in [-0.2, -0.15) is 0 Å². The second-order valence-electron chi connectivity index (χ2n) is 9.42. The van der Waals surface area contributed by atoms with Crippen LogP contribution in [0.25, 0.3) is 0 Å². The minimum Gasteiger partial charge on any atom is -1.00 e. The van der Waals surface area contributed by atoms with Gasteiger partial charge in [-0.3, -0.25) is 0 Å². The fourth-order valence-electron chi connectivity index (χ4n) is 4.78. The van der Waals surface area contributed by atoms with Crippen molar-refractivity contribution in [1.82, 2.24) is 0 Å². The molecule has 1 aliphatic heterocycles. The molecular formula is C25H46BrIN2. The van der Waals surface area contributed by atoms with Gasteiger partial charge in [-0.15, -0.1) is 0 Å². The quantitative estimate of drug-likeness (QED) is 0.131. The van der Waals surface area contributed by atoms with Crippen LogP contribution in [-0.4, -0.2) is 25.1 Å². The number of rotatable bonds is 14. The lowest BCUT2D eigenvalue weighted by Gasteiger charge is -2.31. The van der Waals surface area contributed by atoms with Crippen molar-refractivity contribution in [2.45, 2.75) is 109 Å². The first-order valence-electron chi connectivity index (χ1n) is 11.9. The summed E-state index contributed by atoms with van der Waals surface area (Å²) in [7, 11) is 4.78. The molecule has 170 valence electrons. The van der Waals surface area contributed by atoms with Crippen molar-refractivity contribution in [3.8, 4) is 0 Å². The summed E-state index contributed by atoms with van der Waals surface area (Å²) < 4.78 is 3.59. The highest BCUT2D eigenvalue weighted by Crippen LogP contribution is 2.35. The maximum Gasteiger partial charge on any atom is 0.177 e. The van der Waals surface area contributed by atoms with Gasteiger partial charge in [0.15, 0.2) is 12.4 Å². The maximum absolute atomic E-state index is 2.43. The lowest BCUT2D eigenvalue weighted by atomic mass is 10.0. The summed E-state index contributed by atoms with van der Waals surface area (Å²) >= 11 is 0. The number of pyridine rings is 1. The van der Waals surface area contributed by atoms with E-state index in [1.165, 1.54) is 103 Å². The van der Waals surface area contributed by atoms with Gasteiger partial charge in [0.2, 0.25) is 0 Å². The normalized spacial score (nSPS) is 17.6. The van der Waals surface area contributed by atoms with Gasteiger partial charge in [0.05, 0.1) is 26.2 Å². The molecule has 0 saturated carbocycles.